The fourth-order valence-corrected chi connectivity index (χ4v) is 1.64. The molecular formula is C13H14O3. The molecule has 0 atom stereocenters. The van der Waals surface area contributed by atoms with E-state index in [-0.39, 0.29) is 6.61 Å². The maximum atomic E-state index is 8.94. The van der Waals surface area contributed by atoms with Crippen LogP contribution in [0.5, 0.6) is 5.75 Å². The third kappa shape index (κ3) is 2.25. The number of hydrogen-bond acceptors (Lipinski definition) is 3. The largest absolute Gasteiger partial charge is 0.497 e. The average Bonchev–Trinajstić information content (AvgIpc) is 2.82. The number of benzene rings is 1. The molecule has 2 rings (SSSR count). The zero-order valence-electron chi connectivity index (χ0n) is 9.14. The molecular weight excluding hydrogens is 204 g/mol. The highest BCUT2D eigenvalue weighted by Gasteiger charge is 2.05. The van der Waals surface area contributed by atoms with Crippen molar-refractivity contribution in [3.8, 4) is 17.1 Å². The van der Waals surface area contributed by atoms with E-state index in [0.717, 1.165) is 22.6 Å². The molecule has 1 aromatic carbocycles. The second-order valence-corrected chi connectivity index (χ2v) is 3.52. The monoisotopic (exact) mass is 218 g/mol. The quantitative estimate of drug-likeness (QED) is 0.857. The molecule has 0 bridgehead atoms. The predicted molar refractivity (Wildman–Crippen MR) is 61.5 cm³/mol. The lowest BCUT2D eigenvalue weighted by Crippen LogP contribution is -1.93. The van der Waals surface area contributed by atoms with Crippen LogP contribution in [0.4, 0.5) is 0 Å². The molecule has 0 fully saturated rings. The number of furan rings is 1. The lowest BCUT2D eigenvalue weighted by atomic mass is 10.1. The summed E-state index contributed by atoms with van der Waals surface area (Å²) in [6.45, 7) is 0.130. The van der Waals surface area contributed by atoms with Crippen molar-refractivity contribution in [3.05, 3.63) is 42.2 Å². The predicted octanol–water partition coefficient (Wildman–Crippen LogP) is 2.49. The van der Waals surface area contributed by atoms with Crippen LogP contribution in [0.25, 0.3) is 11.3 Å². The summed E-state index contributed by atoms with van der Waals surface area (Å²) in [6.07, 6.45) is 2.26. The van der Waals surface area contributed by atoms with Gasteiger partial charge in [-0.05, 0) is 42.3 Å². The van der Waals surface area contributed by atoms with Crippen molar-refractivity contribution >= 4 is 0 Å². The highest BCUT2D eigenvalue weighted by Crippen LogP contribution is 2.26. The molecule has 0 amide bonds. The molecule has 0 aliphatic heterocycles. The maximum Gasteiger partial charge on any atom is 0.133 e. The molecule has 0 spiro atoms. The van der Waals surface area contributed by atoms with E-state index in [1.807, 2.05) is 30.3 Å². The lowest BCUT2D eigenvalue weighted by Gasteiger charge is -2.06. The summed E-state index contributed by atoms with van der Waals surface area (Å²) in [6, 6.07) is 9.58. The van der Waals surface area contributed by atoms with Crippen LogP contribution in [0, 0.1) is 0 Å². The topological polar surface area (TPSA) is 42.6 Å². The molecule has 1 N–H and O–H groups in total. The standard InChI is InChI=1S/C13H14O3/c1-15-12-8-10(4-5-14)7-11(9-12)13-3-2-6-16-13/h2-3,6-9,14H,4-5H2,1H3. The molecule has 0 radical (unpaired) electrons. The molecule has 3 nitrogen and oxygen atoms in total. The summed E-state index contributed by atoms with van der Waals surface area (Å²) >= 11 is 0. The molecule has 1 aromatic heterocycles. The second-order valence-electron chi connectivity index (χ2n) is 3.52. The molecule has 0 saturated carbocycles. The van der Waals surface area contributed by atoms with Gasteiger partial charge in [-0.3, -0.25) is 0 Å². The number of rotatable bonds is 4. The number of aliphatic hydroxyl groups excluding tert-OH is 1. The summed E-state index contributed by atoms with van der Waals surface area (Å²) in [5, 5.41) is 8.94. The average molecular weight is 218 g/mol. The van der Waals surface area contributed by atoms with Crippen molar-refractivity contribution in [2.75, 3.05) is 13.7 Å². The van der Waals surface area contributed by atoms with Gasteiger partial charge in [-0.2, -0.15) is 0 Å². The van der Waals surface area contributed by atoms with E-state index in [9.17, 15) is 0 Å². The SMILES string of the molecule is COc1cc(CCO)cc(-c2ccco2)c1. The Labute approximate surface area is 94.3 Å². The third-order valence-electron chi connectivity index (χ3n) is 2.41. The van der Waals surface area contributed by atoms with Gasteiger partial charge in [0.05, 0.1) is 13.4 Å². The van der Waals surface area contributed by atoms with Gasteiger partial charge in [-0.15, -0.1) is 0 Å². The summed E-state index contributed by atoms with van der Waals surface area (Å²) in [7, 11) is 1.63. The molecule has 1 heterocycles. The van der Waals surface area contributed by atoms with Crippen LogP contribution in [0.15, 0.2) is 41.0 Å². The first-order valence-corrected chi connectivity index (χ1v) is 5.16. The van der Waals surface area contributed by atoms with Crippen molar-refractivity contribution < 1.29 is 14.3 Å². The molecule has 0 unspecified atom stereocenters. The summed E-state index contributed by atoms with van der Waals surface area (Å²) in [5.41, 5.74) is 2.00. The van der Waals surface area contributed by atoms with Gasteiger partial charge in [0.15, 0.2) is 0 Å². The third-order valence-corrected chi connectivity index (χ3v) is 2.41. The highest BCUT2D eigenvalue weighted by atomic mass is 16.5. The van der Waals surface area contributed by atoms with Crippen molar-refractivity contribution in [1.82, 2.24) is 0 Å². The Balaban J connectivity index is 2.41. The Morgan fingerprint density at radius 2 is 2.19 bits per heavy atom. The van der Waals surface area contributed by atoms with Gasteiger partial charge in [0.2, 0.25) is 0 Å². The van der Waals surface area contributed by atoms with Gasteiger partial charge >= 0.3 is 0 Å². The summed E-state index contributed by atoms with van der Waals surface area (Å²) in [4.78, 5) is 0. The van der Waals surface area contributed by atoms with Gasteiger partial charge < -0.3 is 14.3 Å². The summed E-state index contributed by atoms with van der Waals surface area (Å²) < 4.78 is 10.6. The summed E-state index contributed by atoms with van der Waals surface area (Å²) in [5.74, 6) is 1.58. The minimum Gasteiger partial charge on any atom is -0.497 e. The number of ether oxygens (including phenoxy) is 1. The first-order valence-electron chi connectivity index (χ1n) is 5.16. The van der Waals surface area contributed by atoms with Gasteiger partial charge in [0.1, 0.15) is 11.5 Å². The van der Waals surface area contributed by atoms with Crippen LogP contribution in [0.1, 0.15) is 5.56 Å². The minimum absolute atomic E-state index is 0.130. The van der Waals surface area contributed by atoms with Crippen molar-refractivity contribution in [2.45, 2.75) is 6.42 Å². The van der Waals surface area contributed by atoms with E-state index < -0.39 is 0 Å². The Bertz CT molecular complexity index is 446. The van der Waals surface area contributed by atoms with Crippen LogP contribution >= 0.6 is 0 Å². The van der Waals surface area contributed by atoms with E-state index in [0.29, 0.717) is 6.42 Å². The first-order chi connectivity index (χ1) is 7.83. The molecule has 0 saturated heterocycles. The van der Waals surface area contributed by atoms with Crippen LogP contribution in [0.3, 0.4) is 0 Å². The Hall–Kier alpha value is -1.74. The van der Waals surface area contributed by atoms with E-state index >= 15 is 0 Å². The fourth-order valence-electron chi connectivity index (χ4n) is 1.64. The Kier molecular flexibility index (Phi) is 3.27. The first kappa shape index (κ1) is 10.8. The van der Waals surface area contributed by atoms with E-state index in [2.05, 4.69) is 0 Å². The van der Waals surface area contributed by atoms with Crippen LogP contribution < -0.4 is 4.74 Å². The molecule has 3 heteroatoms. The lowest BCUT2D eigenvalue weighted by molar-refractivity contribution is 0.299. The number of hydrogen-bond donors (Lipinski definition) is 1. The van der Waals surface area contributed by atoms with Crippen LogP contribution in [-0.2, 0) is 6.42 Å². The van der Waals surface area contributed by atoms with Crippen molar-refractivity contribution in [3.63, 3.8) is 0 Å². The van der Waals surface area contributed by atoms with E-state index in [4.69, 9.17) is 14.3 Å². The van der Waals surface area contributed by atoms with Crippen molar-refractivity contribution in [2.24, 2.45) is 0 Å². The highest BCUT2D eigenvalue weighted by molar-refractivity contribution is 5.61. The minimum atomic E-state index is 0.130. The maximum absolute atomic E-state index is 8.94. The number of methoxy groups -OCH3 is 1. The number of aliphatic hydroxyl groups is 1. The Morgan fingerprint density at radius 1 is 1.31 bits per heavy atom. The molecule has 84 valence electrons. The molecule has 0 aliphatic carbocycles. The zero-order valence-corrected chi connectivity index (χ0v) is 9.14. The Morgan fingerprint density at radius 3 is 2.81 bits per heavy atom. The van der Waals surface area contributed by atoms with Crippen LogP contribution in [0.2, 0.25) is 0 Å². The van der Waals surface area contributed by atoms with Gasteiger partial charge in [0.25, 0.3) is 0 Å². The smallest absolute Gasteiger partial charge is 0.133 e. The van der Waals surface area contributed by atoms with Crippen LogP contribution in [-0.4, -0.2) is 18.8 Å². The van der Waals surface area contributed by atoms with Gasteiger partial charge in [-0.1, -0.05) is 0 Å². The molecule has 0 aliphatic rings. The zero-order chi connectivity index (χ0) is 11.4. The molecule has 2 aromatic rings. The second kappa shape index (κ2) is 4.86. The van der Waals surface area contributed by atoms with E-state index in [1.165, 1.54) is 0 Å². The fraction of sp³-hybridized carbons (Fsp3) is 0.231. The van der Waals surface area contributed by atoms with Gasteiger partial charge in [0, 0.05) is 12.2 Å². The molecule has 16 heavy (non-hydrogen) atoms. The van der Waals surface area contributed by atoms with E-state index in [1.54, 1.807) is 13.4 Å². The van der Waals surface area contributed by atoms with Crippen molar-refractivity contribution in [1.29, 1.82) is 0 Å². The van der Waals surface area contributed by atoms with Gasteiger partial charge in [-0.25, -0.2) is 0 Å². The normalized spacial score (nSPS) is 10.4.